The van der Waals surface area contributed by atoms with Crippen molar-refractivity contribution in [3.8, 4) is 0 Å². The minimum Gasteiger partial charge on any atom is -0.338 e. The van der Waals surface area contributed by atoms with Crippen LogP contribution < -0.4 is 0 Å². The minimum atomic E-state index is -3.51. The third-order valence-corrected chi connectivity index (χ3v) is 7.58. The molecule has 0 aliphatic carbocycles. The number of nitrogens with zero attached hydrogens (tertiary/aromatic N) is 4. The van der Waals surface area contributed by atoms with Gasteiger partial charge in [-0.15, -0.1) is 0 Å². The lowest BCUT2D eigenvalue weighted by molar-refractivity contribution is -0.132. The smallest absolute Gasteiger partial charge is 0.242 e. The van der Waals surface area contributed by atoms with Crippen LogP contribution in [0.4, 0.5) is 0 Å². The number of carbonyl (C=O) groups is 1. The van der Waals surface area contributed by atoms with E-state index >= 15 is 0 Å². The zero-order chi connectivity index (χ0) is 21.5. The van der Waals surface area contributed by atoms with E-state index < -0.39 is 10.0 Å². The Kier molecular flexibility index (Phi) is 5.38. The van der Waals surface area contributed by atoms with Crippen molar-refractivity contribution in [1.82, 2.24) is 18.8 Å². The van der Waals surface area contributed by atoms with Crippen molar-refractivity contribution in [2.24, 2.45) is 7.05 Å². The second-order valence-electron chi connectivity index (χ2n) is 7.86. The summed E-state index contributed by atoms with van der Waals surface area (Å²) in [5.74, 6) is 0.891. The fraction of sp³-hybridized carbons (Fsp3) is 0.364. The molecule has 7 nitrogen and oxygen atoms in total. The van der Waals surface area contributed by atoms with Gasteiger partial charge in [0, 0.05) is 47.1 Å². The van der Waals surface area contributed by atoms with Crippen LogP contribution in [0.2, 0.25) is 0 Å². The third kappa shape index (κ3) is 3.73. The van der Waals surface area contributed by atoms with Crippen LogP contribution in [0, 0.1) is 0 Å². The van der Waals surface area contributed by atoms with Gasteiger partial charge in [0.05, 0.1) is 15.9 Å². The van der Waals surface area contributed by atoms with E-state index in [9.17, 15) is 13.2 Å². The highest BCUT2D eigenvalue weighted by molar-refractivity contribution is 7.89. The molecular weight excluding hydrogens is 400 g/mol. The normalized spacial score (nSPS) is 14.3. The number of fused-ring (bicyclic) bond motifs is 2. The topological polar surface area (TPSA) is 75.5 Å². The summed E-state index contributed by atoms with van der Waals surface area (Å²) in [7, 11) is 1.40. The van der Waals surface area contributed by atoms with E-state index in [2.05, 4.69) is 17.1 Å². The van der Waals surface area contributed by atoms with Crippen molar-refractivity contribution in [1.29, 1.82) is 0 Å². The maximum Gasteiger partial charge on any atom is 0.242 e. The Bertz CT molecular complexity index is 1210. The fourth-order valence-electron chi connectivity index (χ4n) is 3.91. The molecule has 3 aromatic rings. The summed E-state index contributed by atoms with van der Waals surface area (Å²) in [5.41, 5.74) is 4.01. The quantitative estimate of drug-likeness (QED) is 0.628. The molecule has 8 heteroatoms. The van der Waals surface area contributed by atoms with E-state index in [1.165, 1.54) is 29.5 Å². The molecule has 0 saturated heterocycles. The number of aryl methyl sites for hydroxylation is 2. The summed E-state index contributed by atoms with van der Waals surface area (Å²) < 4.78 is 27.9. The summed E-state index contributed by atoms with van der Waals surface area (Å²) in [6.45, 7) is 1.40. The lowest BCUT2D eigenvalue weighted by atomic mass is 9.99. The lowest BCUT2D eigenvalue weighted by Gasteiger charge is -2.29. The summed E-state index contributed by atoms with van der Waals surface area (Å²) in [6.07, 6.45) is 1.78. The van der Waals surface area contributed by atoms with Crippen LogP contribution in [0.15, 0.2) is 47.4 Å². The first-order valence-electron chi connectivity index (χ1n) is 10.00. The summed E-state index contributed by atoms with van der Waals surface area (Å²) in [4.78, 5) is 19.5. The van der Waals surface area contributed by atoms with Gasteiger partial charge in [-0.05, 0) is 35.7 Å². The first kappa shape index (κ1) is 20.6. The van der Waals surface area contributed by atoms with Crippen LogP contribution in [-0.4, -0.2) is 53.7 Å². The molecule has 1 aliphatic heterocycles. The Labute approximate surface area is 177 Å². The molecule has 1 aromatic heterocycles. The van der Waals surface area contributed by atoms with Crippen molar-refractivity contribution >= 4 is 27.0 Å². The Morgan fingerprint density at radius 2 is 1.87 bits per heavy atom. The van der Waals surface area contributed by atoms with Crippen LogP contribution in [0.5, 0.6) is 0 Å². The molecule has 0 fully saturated rings. The van der Waals surface area contributed by atoms with Crippen LogP contribution in [0.3, 0.4) is 0 Å². The van der Waals surface area contributed by atoms with Crippen molar-refractivity contribution in [2.75, 3.05) is 20.6 Å². The second-order valence-corrected chi connectivity index (χ2v) is 10.0. The van der Waals surface area contributed by atoms with Gasteiger partial charge in [-0.3, -0.25) is 4.79 Å². The third-order valence-electron chi connectivity index (χ3n) is 5.77. The molecule has 4 rings (SSSR count). The van der Waals surface area contributed by atoms with E-state index in [0.29, 0.717) is 24.9 Å². The van der Waals surface area contributed by atoms with Crippen molar-refractivity contribution in [2.45, 2.75) is 30.7 Å². The van der Waals surface area contributed by atoms with E-state index in [-0.39, 0.29) is 10.8 Å². The van der Waals surface area contributed by atoms with Crippen molar-refractivity contribution < 1.29 is 13.2 Å². The van der Waals surface area contributed by atoms with E-state index in [1.54, 1.807) is 18.2 Å². The first-order valence-corrected chi connectivity index (χ1v) is 11.4. The molecule has 1 amide bonds. The molecule has 0 unspecified atom stereocenters. The van der Waals surface area contributed by atoms with Gasteiger partial charge >= 0.3 is 0 Å². The standard InChI is InChI=1S/C22H26N4O3S/c1-24(2)30(28,29)18-8-9-20-19(14-18)23-21(25(20)3)10-11-22(27)26-13-12-16-6-4-5-7-17(16)15-26/h4-9,14H,10-13,15H2,1-3H3. The van der Waals surface area contributed by atoms with Gasteiger partial charge < -0.3 is 9.47 Å². The van der Waals surface area contributed by atoms with Gasteiger partial charge in [-0.2, -0.15) is 0 Å². The number of sulfonamides is 1. The number of rotatable bonds is 5. The Balaban J connectivity index is 1.49. The van der Waals surface area contributed by atoms with E-state index in [1.807, 2.05) is 28.6 Å². The zero-order valence-corrected chi connectivity index (χ0v) is 18.3. The number of amides is 1. The fourth-order valence-corrected chi connectivity index (χ4v) is 4.83. The molecule has 2 aromatic carbocycles. The van der Waals surface area contributed by atoms with Gasteiger partial charge in [0.2, 0.25) is 15.9 Å². The van der Waals surface area contributed by atoms with Gasteiger partial charge in [-0.1, -0.05) is 24.3 Å². The highest BCUT2D eigenvalue weighted by Crippen LogP contribution is 2.23. The number of imidazole rings is 1. The Morgan fingerprint density at radius 1 is 1.13 bits per heavy atom. The van der Waals surface area contributed by atoms with Crippen LogP contribution >= 0.6 is 0 Å². The number of aromatic nitrogens is 2. The minimum absolute atomic E-state index is 0.118. The van der Waals surface area contributed by atoms with Gasteiger partial charge in [-0.25, -0.2) is 17.7 Å². The van der Waals surface area contributed by atoms with Crippen molar-refractivity contribution in [3.05, 3.63) is 59.4 Å². The van der Waals surface area contributed by atoms with E-state index in [4.69, 9.17) is 0 Å². The number of carbonyl (C=O) groups excluding carboxylic acids is 1. The van der Waals surface area contributed by atoms with Crippen LogP contribution in [-0.2, 0) is 41.3 Å². The van der Waals surface area contributed by atoms with Gasteiger partial charge in [0.25, 0.3) is 0 Å². The van der Waals surface area contributed by atoms with Crippen LogP contribution in [0.1, 0.15) is 23.4 Å². The number of hydrogen-bond acceptors (Lipinski definition) is 4. The van der Waals surface area contributed by atoms with Gasteiger partial charge in [0.15, 0.2) is 0 Å². The maximum absolute atomic E-state index is 12.8. The highest BCUT2D eigenvalue weighted by atomic mass is 32.2. The Morgan fingerprint density at radius 3 is 2.60 bits per heavy atom. The lowest BCUT2D eigenvalue weighted by Crippen LogP contribution is -2.36. The van der Waals surface area contributed by atoms with E-state index in [0.717, 1.165) is 24.3 Å². The molecule has 1 aliphatic rings. The van der Waals surface area contributed by atoms with Crippen molar-refractivity contribution in [3.63, 3.8) is 0 Å². The molecule has 0 atom stereocenters. The largest absolute Gasteiger partial charge is 0.338 e. The average molecular weight is 427 g/mol. The molecule has 158 valence electrons. The highest BCUT2D eigenvalue weighted by Gasteiger charge is 2.22. The SMILES string of the molecule is CN(C)S(=O)(=O)c1ccc2c(c1)nc(CCC(=O)N1CCc3ccccc3C1)n2C. The molecule has 0 saturated carbocycles. The monoisotopic (exact) mass is 426 g/mol. The average Bonchev–Trinajstić information content (AvgIpc) is 3.06. The molecule has 0 N–H and O–H groups in total. The molecular formula is C22H26N4O3S. The Hall–Kier alpha value is -2.71. The summed E-state index contributed by atoms with van der Waals surface area (Å²) in [5, 5.41) is 0. The molecule has 2 heterocycles. The van der Waals surface area contributed by atoms with Gasteiger partial charge in [0.1, 0.15) is 5.82 Å². The molecule has 0 bridgehead atoms. The molecule has 0 spiro atoms. The molecule has 0 radical (unpaired) electrons. The zero-order valence-electron chi connectivity index (χ0n) is 17.5. The predicted octanol–water partition coefficient (Wildman–Crippen LogP) is 2.34. The maximum atomic E-state index is 12.8. The number of hydrogen-bond donors (Lipinski definition) is 0. The molecule has 30 heavy (non-hydrogen) atoms. The predicted molar refractivity (Wildman–Crippen MR) is 115 cm³/mol. The summed E-state index contributed by atoms with van der Waals surface area (Å²) in [6, 6.07) is 13.2. The van der Waals surface area contributed by atoms with Crippen LogP contribution in [0.25, 0.3) is 11.0 Å². The first-order chi connectivity index (χ1) is 14.3. The summed E-state index contributed by atoms with van der Waals surface area (Å²) >= 11 is 0. The second kappa shape index (κ2) is 7.85. The number of benzene rings is 2.